The van der Waals surface area contributed by atoms with E-state index in [4.69, 9.17) is 0 Å². The van der Waals surface area contributed by atoms with Crippen LogP contribution in [0.1, 0.15) is 156 Å². The van der Waals surface area contributed by atoms with Crippen molar-refractivity contribution in [2.75, 3.05) is 13.1 Å². The summed E-state index contributed by atoms with van der Waals surface area (Å²) in [5.74, 6) is 0. The highest BCUT2D eigenvalue weighted by Gasteiger charge is 2.24. The summed E-state index contributed by atoms with van der Waals surface area (Å²) in [6.45, 7) is 9.45. The zero-order valence-corrected chi connectivity index (χ0v) is 21.9. The molecule has 0 radical (unpaired) electrons. The summed E-state index contributed by atoms with van der Waals surface area (Å²) in [6, 6.07) is 0. The molecule has 0 aliphatic carbocycles. The average Bonchev–Trinajstić information content (AvgIpc) is 3.16. The van der Waals surface area contributed by atoms with Gasteiger partial charge < -0.3 is 9.80 Å². The summed E-state index contributed by atoms with van der Waals surface area (Å²) < 4.78 is 0. The normalized spacial score (nSPS) is 16.0. The van der Waals surface area contributed by atoms with Crippen molar-refractivity contribution in [3.63, 3.8) is 0 Å². The Kier molecular flexibility index (Phi) is 19.4. The third-order valence-corrected chi connectivity index (χ3v) is 7.07. The van der Waals surface area contributed by atoms with Crippen LogP contribution in [0.5, 0.6) is 0 Å². The zero-order chi connectivity index (χ0) is 22.4. The molecule has 0 saturated carbocycles. The maximum Gasteiger partial charge on any atom is 0.101 e. The molecule has 0 saturated heterocycles. The SMILES string of the molecule is CCCCCCCCCCN1C=CN(CCCCCCC)C1CCCCCCCCC. The minimum atomic E-state index is 0.645. The van der Waals surface area contributed by atoms with Gasteiger partial charge in [-0.3, -0.25) is 0 Å². The minimum Gasteiger partial charge on any atom is -0.356 e. The van der Waals surface area contributed by atoms with Gasteiger partial charge in [0.05, 0.1) is 0 Å². The molecule has 0 spiro atoms. The zero-order valence-electron chi connectivity index (χ0n) is 21.9. The molecular formula is C29H58N2. The van der Waals surface area contributed by atoms with E-state index in [1.807, 2.05) is 0 Å². The fourth-order valence-electron chi connectivity index (χ4n) is 4.95. The number of unbranched alkanes of at least 4 members (excludes halogenated alkanes) is 17. The number of rotatable bonds is 23. The molecule has 1 atom stereocenters. The molecular weight excluding hydrogens is 376 g/mol. The molecule has 1 unspecified atom stereocenters. The Balaban J connectivity index is 2.28. The van der Waals surface area contributed by atoms with Crippen LogP contribution in [-0.4, -0.2) is 29.1 Å². The average molecular weight is 435 g/mol. The Morgan fingerprint density at radius 3 is 1.13 bits per heavy atom. The lowest BCUT2D eigenvalue weighted by molar-refractivity contribution is 0.135. The van der Waals surface area contributed by atoms with E-state index in [2.05, 4.69) is 43.0 Å². The van der Waals surface area contributed by atoms with E-state index in [0.717, 1.165) is 0 Å². The second kappa shape index (κ2) is 21.2. The van der Waals surface area contributed by atoms with Gasteiger partial charge in [-0.05, 0) is 25.7 Å². The third-order valence-electron chi connectivity index (χ3n) is 7.07. The van der Waals surface area contributed by atoms with E-state index in [0.29, 0.717) is 6.17 Å². The summed E-state index contributed by atoms with van der Waals surface area (Å²) in [7, 11) is 0. The van der Waals surface area contributed by atoms with Gasteiger partial charge in [0.1, 0.15) is 6.17 Å². The van der Waals surface area contributed by atoms with Gasteiger partial charge in [-0.2, -0.15) is 0 Å². The standard InChI is InChI=1S/C29H58N2/c1-4-7-10-13-15-17-20-23-26-31-28-27-30(25-22-19-12-9-6-3)29(31)24-21-18-16-14-11-8-5-2/h27-29H,4-26H2,1-3H3. The largest absolute Gasteiger partial charge is 0.356 e. The molecule has 184 valence electrons. The van der Waals surface area contributed by atoms with E-state index in [1.165, 1.54) is 148 Å². The number of nitrogens with zero attached hydrogens (tertiary/aromatic N) is 2. The molecule has 0 aromatic carbocycles. The molecule has 31 heavy (non-hydrogen) atoms. The topological polar surface area (TPSA) is 6.48 Å². The summed E-state index contributed by atoms with van der Waals surface area (Å²) in [5.41, 5.74) is 0. The maximum atomic E-state index is 2.68. The van der Waals surface area contributed by atoms with Gasteiger partial charge in [0, 0.05) is 25.5 Å². The van der Waals surface area contributed by atoms with Crippen molar-refractivity contribution in [3.05, 3.63) is 12.4 Å². The predicted octanol–water partition coefficient (Wildman–Crippen LogP) is 9.65. The van der Waals surface area contributed by atoms with Crippen molar-refractivity contribution in [2.24, 2.45) is 0 Å². The quantitative estimate of drug-likeness (QED) is 0.148. The van der Waals surface area contributed by atoms with Crippen molar-refractivity contribution in [1.29, 1.82) is 0 Å². The molecule has 0 fully saturated rings. The molecule has 1 rings (SSSR count). The van der Waals surface area contributed by atoms with Crippen LogP contribution >= 0.6 is 0 Å². The Hall–Kier alpha value is -0.660. The molecule has 0 aromatic rings. The molecule has 0 amide bonds. The van der Waals surface area contributed by atoms with Crippen molar-refractivity contribution in [3.8, 4) is 0 Å². The molecule has 0 N–H and O–H groups in total. The van der Waals surface area contributed by atoms with Gasteiger partial charge in [-0.25, -0.2) is 0 Å². The van der Waals surface area contributed by atoms with E-state index < -0.39 is 0 Å². The predicted molar refractivity (Wildman–Crippen MR) is 140 cm³/mol. The second-order valence-corrected chi connectivity index (χ2v) is 10.1. The lowest BCUT2D eigenvalue weighted by Crippen LogP contribution is -2.39. The van der Waals surface area contributed by atoms with Crippen LogP contribution in [0, 0.1) is 0 Å². The summed E-state index contributed by atoms with van der Waals surface area (Å²) in [5, 5.41) is 0. The lowest BCUT2D eigenvalue weighted by Gasteiger charge is -2.33. The summed E-state index contributed by atoms with van der Waals surface area (Å²) in [6.07, 6.45) is 35.0. The number of hydrogen-bond donors (Lipinski definition) is 0. The third kappa shape index (κ3) is 14.9. The van der Waals surface area contributed by atoms with Crippen LogP contribution in [0.15, 0.2) is 12.4 Å². The van der Waals surface area contributed by atoms with Crippen LogP contribution < -0.4 is 0 Å². The van der Waals surface area contributed by atoms with Gasteiger partial charge in [0.25, 0.3) is 0 Å². The Labute approximate surface area is 197 Å². The van der Waals surface area contributed by atoms with Gasteiger partial charge in [-0.15, -0.1) is 0 Å². The fourth-order valence-corrected chi connectivity index (χ4v) is 4.95. The first-order valence-electron chi connectivity index (χ1n) is 14.5. The molecule has 0 aromatic heterocycles. The van der Waals surface area contributed by atoms with Crippen molar-refractivity contribution < 1.29 is 0 Å². The van der Waals surface area contributed by atoms with Crippen molar-refractivity contribution in [1.82, 2.24) is 9.80 Å². The summed E-state index contributed by atoms with van der Waals surface area (Å²) >= 11 is 0. The minimum absolute atomic E-state index is 0.645. The first-order valence-corrected chi connectivity index (χ1v) is 14.5. The first-order chi connectivity index (χ1) is 15.3. The van der Waals surface area contributed by atoms with E-state index in [9.17, 15) is 0 Å². The van der Waals surface area contributed by atoms with E-state index in [-0.39, 0.29) is 0 Å². The highest BCUT2D eigenvalue weighted by Crippen LogP contribution is 2.23. The molecule has 1 aliphatic rings. The Bertz CT molecular complexity index is 392. The highest BCUT2D eigenvalue weighted by molar-refractivity contribution is 4.97. The van der Waals surface area contributed by atoms with Crippen LogP contribution in [0.4, 0.5) is 0 Å². The Morgan fingerprint density at radius 1 is 0.419 bits per heavy atom. The highest BCUT2D eigenvalue weighted by atomic mass is 15.4. The van der Waals surface area contributed by atoms with Gasteiger partial charge >= 0.3 is 0 Å². The van der Waals surface area contributed by atoms with E-state index >= 15 is 0 Å². The lowest BCUT2D eigenvalue weighted by atomic mass is 10.1. The van der Waals surface area contributed by atoms with Crippen LogP contribution in [0.3, 0.4) is 0 Å². The molecule has 1 heterocycles. The first kappa shape index (κ1) is 28.4. The second-order valence-electron chi connectivity index (χ2n) is 10.1. The van der Waals surface area contributed by atoms with Crippen LogP contribution in [-0.2, 0) is 0 Å². The molecule has 1 aliphatic heterocycles. The van der Waals surface area contributed by atoms with Gasteiger partial charge in [0.15, 0.2) is 0 Å². The monoisotopic (exact) mass is 434 g/mol. The fraction of sp³-hybridized carbons (Fsp3) is 0.931. The maximum absolute atomic E-state index is 2.68. The van der Waals surface area contributed by atoms with Gasteiger partial charge in [0.2, 0.25) is 0 Å². The van der Waals surface area contributed by atoms with Crippen LogP contribution in [0.2, 0.25) is 0 Å². The smallest absolute Gasteiger partial charge is 0.101 e. The number of hydrogen-bond acceptors (Lipinski definition) is 2. The van der Waals surface area contributed by atoms with E-state index in [1.54, 1.807) is 0 Å². The molecule has 2 heteroatoms. The molecule has 0 bridgehead atoms. The molecule has 2 nitrogen and oxygen atoms in total. The van der Waals surface area contributed by atoms with Crippen molar-refractivity contribution >= 4 is 0 Å². The van der Waals surface area contributed by atoms with Crippen molar-refractivity contribution in [2.45, 2.75) is 162 Å². The summed E-state index contributed by atoms with van der Waals surface area (Å²) in [4.78, 5) is 5.36. The Morgan fingerprint density at radius 2 is 0.742 bits per heavy atom. The van der Waals surface area contributed by atoms with Crippen LogP contribution in [0.25, 0.3) is 0 Å². The van der Waals surface area contributed by atoms with Gasteiger partial charge in [-0.1, -0.05) is 130 Å².